The number of carbonyl (C=O) groups is 2. The first-order valence-corrected chi connectivity index (χ1v) is 37.2. The van der Waals surface area contributed by atoms with Gasteiger partial charge in [-0.15, -0.1) is 0 Å². The third-order valence-corrected chi connectivity index (χ3v) is 16.9. The molecule has 8 atom stereocenters. The van der Waals surface area contributed by atoms with Gasteiger partial charge in [0.1, 0.15) is 24.4 Å². The maximum absolute atomic E-state index is 13.5. The van der Waals surface area contributed by atoms with Crippen LogP contribution in [0.15, 0.2) is 109 Å². The van der Waals surface area contributed by atoms with Gasteiger partial charge in [0.15, 0.2) is 12.4 Å². The van der Waals surface area contributed by atoms with Gasteiger partial charge >= 0.3 is 5.97 Å². The lowest BCUT2D eigenvalue weighted by atomic mass is 9.99. The Morgan fingerprint density at radius 2 is 0.767 bits per heavy atom. The van der Waals surface area contributed by atoms with Gasteiger partial charge in [0.2, 0.25) is 5.91 Å². The zero-order chi connectivity index (χ0) is 65.3. The van der Waals surface area contributed by atoms with E-state index in [4.69, 9.17) is 14.2 Å². The van der Waals surface area contributed by atoms with Crippen molar-refractivity contribution in [1.29, 1.82) is 0 Å². The summed E-state index contributed by atoms with van der Waals surface area (Å²) in [5.41, 5.74) is 0. The van der Waals surface area contributed by atoms with Crippen LogP contribution in [-0.2, 0) is 23.8 Å². The summed E-state index contributed by atoms with van der Waals surface area (Å²) in [5, 5.41) is 57.3. The standard InChI is InChI=1S/C79H137NO10/c1-4-7-10-13-16-19-22-25-27-29-31-33-35-37-39-41-43-45-47-49-52-55-58-61-64-67-74(84)90-77-76(86)75(85)73(68-81)89-79(77)88-69-70(71(82)65-62-59-56-53-50-24-21-18-15-12-9-6-3)80-78(87)72(83)66-63-60-57-54-51-48-46-44-42-40-38-36-34-32-30-28-26-23-20-17-14-11-8-5-2/h16-17,19-20,25-28,31-34,37-40,62,65,70-73,75-77,79,81-83,85-86H,4-15,18,21-24,29-30,35-36,41-61,63-64,66-69H2,1-3H3,(H,80,87)/b19-16-,20-17-,27-25-,28-26-,33-31-,34-32-,39-37-,40-38-,65-62+. The molecule has 1 rings (SSSR count). The summed E-state index contributed by atoms with van der Waals surface area (Å²) in [6.07, 6.45) is 79.7. The number of amides is 1. The van der Waals surface area contributed by atoms with Crippen LogP contribution in [0.5, 0.6) is 0 Å². The fourth-order valence-electron chi connectivity index (χ4n) is 11.0. The number of rotatable bonds is 63. The van der Waals surface area contributed by atoms with Gasteiger partial charge in [-0.05, 0) is 116 Å². The van der Waals surface area contributed by atoms with Gasteiger partial charge in [0.25, 0.3) is 0 Å². The van der Waals surface area contributed by atoms with Crippen molar-refractivity contribution in [2.75, 3.05) is 13.2 Å². The highest BCUT2D eigenvalue weighted by Crippen LogP contribution is 2.26. The number of nitrogens with one attached hydrogen (secondary N) is 1. The fraction of sp³-hybridized carbons (Fsp3) is 0.747. The lowest BCUT2D eigenvalue weighted by Crippen LogP contribution is -2.61. The molecule has 0 spiro atoms. The highest BCUT2D eigenvalue weighted by atomic mass is 16.7. The van der Waals surface area contributed by atoms with E-state index in [1.165, 1.54) is 154 Å². The Hall–Kier alpha value is -3.68. The van der Waals surface area contributed by atoms with Crippen LogP contribution in [0, 0.1) is 0 Å². The van der Waals surface area contributed by atoms with Gasteiger partial charge in [-0.1, -0.05) is 304 Å². The lowest BCUT2D eigenvalue weighted by molar-refractivity contribution is -0.305. The number of hydrogen-bond acceptors (Lipinski definition) is 10. The first-order valence-electron chi connectivity index (χ1n) is 37.2. The van der Waals surface area contributed by atoms with Crippen LogP contribution in [0.2, 0.25) is 0 Å². The number of aliphatic hydroxyl groups is 5. The van der Waals surface area contributed by atoms with E-state index in [1.54, 1.807) is 6.08 Å². The van der Waals surface area contributed by atoms with E-state index in [1.807, 2.05) is 6.08 Å². The summed E-state index contributed by atoms with van der Waals surface area (Å²) in [7, 11) is 0. The third kappa shape index (κ3) is 51.8. The second kappa shape index (κ2) is 65.4. The smallest absolute Gasteiger partial charge is 0.306 e. The van der Waals surface area contributed by atoms with E-state index in [0.717, 1.165) is 116 Å². The van der Waals surface area contributed by atoms with Crippen LogP contribution in [0.1, 0.15) is 316 Å². The topological polar surface area (TPSA) is 175 Å². The van der Waals surface area contributed by atoms with E-state index in [2.05, 4.69) is 123 Å². The van der Waals surface area contributed by atoms with Gasteiger partial charge in [-0.3, -0.25) is 9.59 Å². The quantitative estimate of drug-likeness (QED) is 0.0195. The van der Waals surface area contributed by atoms with Crippen LogP contribution in [-0.4, -0.2) is 99.6 Å². The van der Waals surface area contributed by atoms with E-state index in [9.17, 15) is 35.1 Å². The largest absolute Gasteiger partial charge is 0.454 e. The average Bonchev–Trinajstić information content (AvgIpc) is 1.18. The molecule has 1 aliphatic rings. The number of carbonyl (C=O) groups excluding carboxylic acids is 2. The summed E-state index contributed by atoms with van der Waals surface area (Å²) in [5.74, 6) is -1.21. The molecule has 1 fully saturated rings. The van der Waals surface area contributed by atoms with Crippen molar-refractivity contribution >= 4 is 11.9 Å². The molecule has 8 unspecified atom stereocenters. The monoisotopic (exact) mass is 1260 g/mol. The summed E-state index contributed by atoms with van der Waals surface area (Å²) >= 11 is 0. The van der Waals surface area contributed by atoms with Crippen LogP contribution >= 0.6 is 0 Å². The average molecular weight is 1260 g/mol. The van der Waals surface area contributed by atoms with Crippen molar-refractivity contribution in [1.82, 2.24) is 5.32 Å². The predicted octanol–water partition coefficient (Wildman–Crippen LogP) is 19.6. The highest BCUT2D eigenvalue weighted by molar-refractivity contribution is 5.80. The fourth-order valence-corrected chi connectivity index (χ4v) is 11.0. The number of hydrogen-bond donors (Lipinski definition) is 6. The molecule has 0 aliphatic carbocycles. The number of unbranched alkanes of at least 4 members (excludes halogenated alkanes) is 33. The van der Waals surface area contributed by atoms with Crippen molar-refractivity contribution in [2.45, 2.75) is 365 Å². The molecule has 1 heterocycles. The minimum atomic E-state index is -1.62. The summed E-state index contributed by atoms with van der Waals surface area (Å²) < 4.78 is 17.7. The Morgan fingerprint density at radius 1 is 0.433 bits per heavy atom. The van der Waals surface area contributed by atoms with Crippen LogP contribution in [0.3, 0.4) is 0 Å². The number of ether oxygens (including phenoxy) is 3. The summed E-state index contributed by atoms with van der Waals surface area (Å²) in [4.78, 5) is 26.7. The Labute approximate surface area is 551 Å². The van der Waals surface area contributed by atoms with Crippen LogP contribution in [0.25, 0.3) is 0 Å². The molecule has 0 aromatic rings. The molecule has 11 heteroatoms. The molecule has 1 aliphatic heterocycles. The molecule has 1 amide bonds. The second-order valence-electron chi connectivity index (χ2n) is 25.3. The van der Waals surface area contributed by atoms with Crippen molar-refractivity contribution < 1.29 is 49.3 Å². The molecule has 0 saturated carbocycles. The Bertz CT molecular complexity index is 1890. The molecule has 90 heavy (non-hydrogen) atoms. The summed E-state index contributed by atoms with van der Waals surface area (Å²) in [6, 6.07) is -1.04. The van der Waals surface area contributed by atoms with E-state index >= 15 is 0 Å². The van der Waals surface area contributed by atoms with Gasteiger partial charge < -0.3 is 45.1 Å². The Morgan fingerprint density at radius 3 is 1.17 bits per heavy atom. The zero-order valence-electron chi connectivity index (χ0n) is 57.7. The molecule has 11 nitrogen and oxygen atoms in total. The van der Waals surface area contributed by atoms with E-state index < -0.39 is 67.4 Å². The maximum atomic E-state index is 13.5. The molecular formula is C79H137NO10. The van der Waals surface area contributed by atoms with Gasteiger partial charge in [-0.2, -0.15) is 0 Å². The molecule has 0 aromatic heterocycles. The lowest BCUT2D eigenvalue weighted by Gasteiger charge is -2.41. The van der Waals surface area contributed by atoms with Gasteiger partial charge in [-0.25, -0.2) is 0 Å². The molecule has 0 bridgehead atoms. The van der Waals surface area contributed by atoms with Gasteiger partial charge in [0, 0.05) is 6.42 Å². The molecule has 6 N–H and O–H groups in total. The number of allylic oxidation sites excluding steroid dienone is 17. The first-order chi connectivity index (χ1) is 44.2. The Kier molecular flexibility index (Phi) is 61.3. The molecule has 1 saturated heterocycles. The normalized spacial score (nSPS) is 18.7. The SMILES string of the molecule is CCCCC/C=C\C/C=C\C/C=C\C/C=C\CCCCCCCCCCCC(=O)OC1C(OCC(NC(=O)C(O)CCCCCCCCCC/C=C\C/C=C\C/C=C\C/C=C\CCCCC)C(O)/C=C/CCCCCCCCCCCC)OC(CO)C(O)C1O. The molecule has 518 valence electrons. The predicted molar refractivity (Wildman–Crippen MR) is 379 cm³/mol. The number of aliphatic hydroxyl groups excluding tert-OH is 5. The van der Waals surface area contributed by atoms with Crippen molar-refractivity contribution in [3.05, 3.63) is 109 Å². The van der Waals surface area contributed by atoms with E-state index in [0.29, 0.717) is 12.8 Å². The number of esters is 1. The molecular weight excluding hydrogens is 1120 g/mol. The highest BCUT2D eigenvalue weighted by Gasteiger charge is 2.47. The van der Waals surface area contributed by atoms with E-state index in [-0.39, 0.29) is 19.4 Å². The van der Waals surface area contributed by atoms with Crippen molar-refractivity contribution in [2.24, 2.45) is 0 Å². The maximum Gasteiger partial charge on any atom is 0.306 e. The Balaban J connectivity index is 2.57. The van der Waals surface area contributed by atoms with Crippen molar-refractivity contribution in [3.63, 3.8) is 0 Å². The van der Waals surface area contributed by atoms with Crippen molar-refractivity contribution in [3.8, 4) is 0 Å². The van der Waals surface area contributed by atoms with Crippen LogP contribution < -0.4 is 5.32 Å². The minimum Gasteiger partial charge on any atom is -0.454 e. The first kappa shape index (κ1) is 84.3. The summed E-state index contributed by atoms with van der Waals surface area (Å²) in [6.45, 7) is 5.75. The zero-order valence-corrected chi connectivity index (χ0v) is 57.7. The third-order valence-electron chi connectivity index (χ3n) is 16.9. The van der Waals surface area contributed by atoms with Crippen LogP contribution in [0.4, 0.5) is 0 Å². The molecule has 0 radical (unpaired) electrons. The minimum absolute atomic E-state index is 0.111. The van der Waals surface area contributed by atoms with Gasteiger partial charge in [0.05, 0.1) is 25.4 Å². The molecule has 0 aromatic carbocycles. The second-order valence-corrected chi connectivity index (χ2v) is 25.3.